The molecule has 0 unspecified atom stereocenters. The predicted octanol–water partition coefficient (Wildman–Crippen LogP) is 6.91. The molecule has 5 heteroatoms. The summed E-state index contributed by atoms with van der Waals surface area (Å²) in [5.74, 6) is -0.0387. The van der Waals surface area contributed by atoms with E-state index in [4.69, 9.17) is 0 Å². The Morgan fingerprint density at radius 3 is 2.59 bits per heavy atom. The highest BCUT2D eigenvalue weighted by Crippen LogP contribution is 2.45. The lowest BCUT2D eigenvalue weighted by molar-refractivity contribution is -0.111. The minimum Gasteiger partial charge on any atom is -0.508 e. The van der Waals surface area contributed by atoms with E-state index in [-0.39, 0.29) is 17.1 Å². The maximum absolute atomic E-state index is 12.2. The Bertz CT molecular complexity index is 1140. The molecule has 2 N–H and O–H groups in total. The summed E-state index contributed by atoms with van der Waals surface area (Å²) < 4.78 is 2.21. The standard InChI is InChI=1S/C29H35N3O2/c1-21(7-6-8-22(2)19-28(34)31-24-10-12-25(33)13-11-24)9-14-26-23(3)27(15-16-29(26,4)5)32-18-17-30-20-32/h6-14,17-20,27,33H,15-16H2,1-5H3,(H,31,34)/t27-/m0/s1. The molecule has 5 nitrogen and oxygen atoms in total. The number of amides is 1. The van der Waals surface area contributed by atoms with Crippen molar-refractivity contribution in [1.82, 2.24) is 9.55 Å². The highest BCUT2D eigenvalue weighted by atomic mass is 16.3. The van der Waals surface area contributed by atoms with Crippen LogP contribution in [0.25, 0.3) is 0 Å². The summed E-state index contributed by atoms with van der Waals surface area (Å²) in [4.78, 5) is 16.4. The van der Waals surface area contributed by atoms with Gasteiger partial charge in [-0.15, -0.1) is 0 Å². The molecule has 0 bridgehead atoms. The van der Waals surface area contributed by atoms with Crippen molar-refractivity contribution in [2.24, 2.45) is 5.41 Å². The number of phenolic OH excluding ortho intramolecular Hbond substituents is 1. The molecule has 1 heterocycles. The molecule has 0 fully saturated rings. The van der Waals surface area contributed by atoms with Crippen molar-refractivity contribution >= 4 is 11.6 Å². The Balaban J connectivity index is 1.65. The van der Waals surface area contributed by atoms with Crippen LogP contribution in [-0.2, 0) is 4.79 Å². The van der Waals surface area contributed by atoms with Gasteiger partial charge in [-0.25, -0.2) is 4.98 Å². The van der Waals surface area contributed by atoms with Crippen LogP contribution in [0.3, 0.4) is 0 Å². The number of carbonyl (C=O) groups is 1. The molecular formula is C29H35N3O2. The topological polar surface area (TPSA) is 67.2 Å². The first-order valence-corrected chi connectivity index (χ1v) is 11.7. The van der Waals surface area contributed by atoms with Gasteiger partial charge in [-0.05, 0) is 80.0 Å². The van der Waals surface area contributed by atoms with Crippen molar-refractivity contribution in [3.05, 3.63) is 102 Å². The van der Waals surface area contributed by atoms with E-state index in [0.29, 0.717) is 11.7 Å². The van der Waals surface area contributed by atoms with Gasteiger partial charge in [-0.1, -0.05) is 49.8 Å². The lowest BCUT2D eigenvalue weighted by Crippen LogP contribution is -2.25. The Kier molecular flexibility index (Phi) is 8.11. The summed E-state index contributed by atoms with van der Waals surface area (Å²) >= 11 is 0. The quantitative estimate of drug-likeness (QED) is 0.270. The molecule has 1 aromatic heterocycles. The highest BCUT2D eigenvalue weighted by Gasteiger charge is 2.32. The van der Waals surface area contributed by atoms with Gasteiger partial charge in [0.1, 0.15) is 5.75 Å². The minimum atomic E-state index is -0.206. The van der Waals surface area contributed by atoms with Crippen molar-refractivity contribution in [3.63, 3.8) is 0 Å². The maximum atomic E-state index is 12.2. The summed E-state index contributed by atoms with van der Waals surface area (Å²) in [6.07, 6.45) is 19.9. The molecule has 1 atom stereocenters. The smallest absolute Gasteiger partial charge is 0.248 e. The summed E-state index contributed by atoms with van der Waals surface area (Å²) in [7, 11) is 0. The highest BCUT2D eigenvalue weighted by molar-refractivity contribution is 6.00. The molecule has 0 saturated carbocycles. The number of hydrogen-bond acceptors (Lipinski definition) is 3. The summed E-state index contributed by atoms with van der Waals surface area (Å²) in [6, 6.07) is 6.76. The zero-order valence-corrected chi connectivity index (χ0v) is 20.7. The van der Waals surface area contributed by atoms with Gasteiger partial charge in [0.25, 0.3) is 0 Å². The predicted molar refractivity (Wildman–Crippen MR) is 140 cm³/mol. The number of aromatic hydroxyl groups is 1. The van der Waals surface area contributed by atoms with Gasteiger partial charge in [-0.3, -0.25) is 4.79 Å². The van der Waals surface area contributed by atoms with Gasteiger partial charge in [0.05, 0.1) is 12.4 Å². The lowest BCUT2D eigenvalue weighted by atomic mass is 9.71. The third-order valence-corrected chi connectivity index (χ3v) is 6.31. The monoisotopic (exact) mass is 457 g/mol. The molecule has 1 amide bonds. The fraction of sp³-hybridized carbons (Fsp3) is 0.310. The normalized spacial score (nSPS) is 19.3. The van der Waals surface area contributed by atoms with Crippen LogP contribution < -0.4 is 5.32 Å². The van der Waals surface area contributed by atoms with Gasteiger partial charge in [-0.2, -0.15) is 0 Å². The van der Waals surface area contributed by atoms with Crippen LogP contribution in [0.1, 0.15) is 53.5 Å². The van der Waals surface area contributed by atoms with E-state index in [1.54, 1.807) is 18.2 Å². The number of imidazole rings is 1. The van der Waals surface area contributed by atoms with Crippen molar-refractivity contribution in [2.75, 3.05) is 5.32 Å². The number of hydrogen-bond donors (Lipinski definition) is 2. The molecule has 0 spiro atoms. The number of aromatic nitrogens is 2. The van der Waals surface area contributed by atoms with Crippen LogP contribution in [0.15, 0.2) is 102 Å². The number of carbonyl (C=O) groups excluding carboxylic acids is 1. The SMILES string of the molecule is CC(C=CC1=C(C)[C@@H](n2ccnc2)CCC1(C)C)=CC=CC(C)=CC(=O)Nc1ccc(O)cc1. The molecule has 1 aromatic carbocycles. The van der Waals surface area contributed by atoms with E-state index < -0.39 is 0 Å². The summed E-state index contributed by atoms with van der Waals surface area (Å²) in [5.41, 5.74) is 5.54. The van der Waals surface area contributed by atoms with E-state index in [2.05, 4.69) is 54.7 Å². The number of nitrogens with one attached hydrogen (secondary N) is 1. The summed E-state index contributed by atoms with van der Waals surface area (Å²) in [5, 5.41) is 12.1. The number of anilines is 1. The number of allylic oxidation sites excluding steroid dienone is 9. The van der Waals surface area contributed by atoms with E-state index in [0.717, 1.165) is 24.0 Å². The number of benzene rings is 1. The molecule has 3 rings (SSSR count). The van der Waals surface area contributed by atoms with Crippen LogP contribution >= 0.6 is 0 Å². The lowest BCUT2D eigenvalue weighted by Gasteiger charge is -2.37. The molecule has 178 valence electrons. The van der Waals surface area contributed by atoms with Crippen molar-refractivity contribution in [3.8, 4) is 5.75 Å². The first kappa shape index (κ1) is 25.0. The minimum absolute atomic E-state index is 0.137. The van der Waals surface area contributed by atoms with Gasteiger partial charge in [0, 0.05) is 24.2 Å². The first-order valence-electron chi connectivity index (χ1n) is 11.7. The van der Waals surface area contributed by atoms with Crippen LogP contribution in [0.2, 0.25) is 0 Å². The van der Waals surface area contributed by atoms with Crippen LogP contribution in [-0.4, -0.2) is 20.6 Å². The van der Waals surface area contributed by atoms with Crippen molar-refractivity contribution in [2.45, 2.75) is 53.5 Å². The zero-order chi connectivity index (χ0) is 24.7. The van der Waals surface area contributed by atoms with Crippen molar-refractivity contribution < 1.29 is 9.90 Å². The molecule has 2 aromatic rings. The number of rotatable bonds is 7. The molecule has 0 saturated heterocycles. The third kappa shape index (κ3) is 6.70. The second-order valence-electron chi connectivity index (χ2n) is 9.57. The molecular weight excluding hydrogens is 422 g/mol. The zero-order valence-electron chi connectivity index (χ0n) is 20.7. The summed E-state index contributed by atoms with van der Waals surface area (Å²) in [6.45, 7) is 10.8. The molecule has 0 radical (unpaired) electrons. The van der Waals surface area contributed by atoms with E-state index in [9.17, 15) is 9.90 Å². The van der Waals surface area contributed by atoms with E-state index in [1.165, 1.54) is 23.3 Å². The van der Waals surface area contributed by atoms with Gasteiger partial charge in [0.15, 0.2) is 0 Å². The van der Waals surface area contributed by atoms with Crippen LogP contribution in [0, 0.1) is 5.41 Å². The average Bonchev–Trinajstić information content (AvgIpc) is 3.29. The number of phenols is 1. The molecule has 1 aliphatic carbocycles. The second-order valence-corrected chi connectivity index (χ2v) is 9.57. The van der Waals surface area contributed by atoms with Crippen LogP contribution in [0.4, 0.5) is 5.69 Å². The molecule has 0 aliphatic heterocycles. The maximum Gasteiger partial charge on any atom is 0.248 e. The van der Waals surface area contributed by atoms with Gasteiger partial charge in [0.2, 0.25) is 5.91 Å². The second kappa shape index (κ2) is 11.0. The van der Waals surface area contributed by atoms with Gasteiger partial charge >= 0.3 is 0 Å². The number of nitrogens with zero attached hydrogens (tertiary/aromatic N) is 2. The Labute approximate surface area is 202 Å². The van der Waals surface area contributed by atoms with Gasteiger partial charge < -0.3 is 15.0 Å². The van der Waals surface area contributed by atoms with Crippen LogP contribution in [0.5, 0.6) is 5.75 Å². The fourth-order valence-electron chi connectivity index (χ4n) is 4.35. The third-order valence-electron chi connectivity index (χ3n) is 6.31. The van der Waals surface area contributed by atoms with E-state index in [1.807, 2.05) is 43.9 Å². The fourth-order valence-corrected chi connectivity index (χ4v) is 4.35. The first-order chi connectivity index (χ1) is 16.2. The Morgan fingerprint density at radius 2 is 1.91 bits per heavy atom. The average molecular weight is 458 g/mol. The van der Waals surface area contributed by atoms with Crippen molar-refractivity contribution in [1.29, 1.82) is 0 Å². The largest absolute Gasteiger partial charge is 0.508 e. The Morgan fingerprint density at radius 1 is 1.18 bits per heavy atom. The molecule has 34 heavy (non-hydrogen) atoms. The van der Waals surface area contributed by atoms with E-state index >= 15 is 0 Å². The Hall–Kier alpha value is -3.60. The molecule has 1 aliphatic rings.